The lowest BCUT2D eigenvalue weighted by Gasteiger charge is -2.31. The highest BCUT2D eigenvalue weighted by atomic mass is 35.5. The quantitative estimate of drug-likeness (QED) is 0.516. The summed E-state index contributed by atoms with van der Waals surface area (Å²) in [6, 6.07) is 6.51. The molecule has 0 saturated carbocycles. The number of likely N-dealkylation sites (N-methyl/N-ethyl adjacent to an activating group) is 2. The average Bonchev–Trinajstić information content (AvgIpc) is 3.14. The molecule has 3 amide bonds. The molecule has 0 bridgehead atoms. The fourth-order valence-electron chi connectivity index (χ4n) is 4.04. The molecule has 3 aliphatic rings. The fourth-order valence-corrected chi connectivity index (χ4v) is 4.24. The molecule has 1 N–H and O–H groups in total. The van der Waals surface area contributed by atoms with Crippen molar-refractivity contribution in [2.24, 2.45) is 4.99 Å². The number of guanidine groups is 1. The van der Waals surface area contributed by atoms with E-state index in [2.05, 4.69) is 15.2 Å². The Balaban J connectivity index is 1.53. The number of ether oxygens (including phenoxy) is 1. The lowest BCUT2D eigenvalue weighted by Crippen LogP contribution is -2.61. The van der Waals surface area contributed by atoms with Crippen molar-refractivity contribution >= 4 is 35.3 Å². The maximum atomic E-state index is 13.0. The van der Waals surface area contributed by atoms with Crippen LogP contribution in [0.2, 0.25) is 5.02 Å². The molecule has 0 aromatic heterocycles. The summed E-state index contributed by atoms with van der Waals surface area (Å²) in [6.45, 7) is 5.54. The number of urea groups is 1. The zero-order valence-corrected chi connectivity index (χ0v) is 18.6. The zero-order chi connectivity index (χ0) is 22.0. The summed E-state index contributed by atoms with van der Waals surface area (Å²) in [7, 11) is 3.14. The second-order valence-electron chi connectivity index (χ2n) is 7.89. The van der Waals surface area contributed by atoms with E-state index in [0.29, 0.717) is 29.9 Å². The van der Waals surface area contributed by atoms with E-state index in [-0.39, 0.29) is 11.9 Å². The molecule has 1 unspecified atom stereocenters. The van der Waals surface area contributed by atoms with Crippen LogP contribution in [0.1, 0.15) is 12.0 Å². The maximum absolute atomic E-state index is 13.0. The summed E-state index contributed by atoms with van der Waals surface area (Å²) in [5, 5.41) is 4.01. The van der Waals surface area contributed by atoms with Gasteiger partial charge >= 0.3 is 12.0 Å². The van der Waals surface area contributed by atoms with Gasteiger partial charge in [-0.25, -0.2) is 9.37 Å². The van der Waals surface area contributed by atoms with Crippen LogP contribution >= 0.6 is 11.6 Å². The summed E-state index contributed by atoms with van der Waals surface area (Å²) in [5.41, 5.74) is 0.892. The van der Waals surface area contributed by atoms with E-state index in [1.54, 1.807) is 7.05 Å². The minimum absolute atomic E-state index is 0.293. The van der Waals surface area contributed by atoms with Crippen LogP contribution in [0.15, 0.2) is 29.3 Å². The molecule has 1 aromatic carbocycles. The van der Waals surface area contributed by atoms with Gasteiger partial charge in [0.25, 0.3) is 5.91 Å². The van der Waals surface area contributed by atoms with Crippen LogP contribution in [-0.4, -0.2) is 103 Å². The molecule has 31 heavy (non-hydrogen) atoms. The van der Waals surface area contributed by atoms with Gasteiger partial charge in [-0.15, -0.1) is 0 Å². The van der Waals surface area contributed by atoms with Crippen molar-refractivity contribution in [1.82, 2.24) is 20.0 Å². The van der Waals surface area contributed by atoms with Crippen molar-refractivity contribution in [3.8, 4) is 0 Å². The number of rotatable bonds is 6. The van der Waals surface area contributed by atoms with E-state index in [1.165, 1.54) is 11.9 Å². The molecule has 2 fully saturated rings. The van der Waals surface area contributed by atoms with Crippen molar-refractivity contribution < 1.29 is 18.9 Å². The van der Waals surface area contributed by atoms with E-state index in [0.717, 1.165) is 49.7 Å². The predicted octanol–water partition coefficient (Wildman–Crippen LogP) is 0.825. The average molecular weight is 448 g/mol. The number of amidine groups is 1. The molecule has 4 rings (SSSR count). The van der Waals surface area contributed by atoms with Crippen molar-refractivity contribution in [3.05, 3.63) is 34.9 Å². The lowest BCUT2D eigenvalue weighted by atomic mass is 10.1. The number of benzene rings is 1. The number of carbonyl (C=O) groups is 2. The third kappa shape index (κ3) is 4.44. The molecule has 10 heteroatoms. The molecule has 9 nitrogen and oxygen atoms in total. The lowest BCUT2D eigenvalue weighted by molar-refractivity contribution is -0.553. The second kappa shape index (κ2) is 9.33. The molecule has 166 valence electrons. The van der Waals surface area contributed by atoms with Crippen LogP contribution in [0.5, 0.6) is 0 Å². The van der Waals surface area contributed by atoms with Gasteiger partial charge in [-0.05, 0) is 12.5 Å². The van der Waals surface area contributed by atoms with Crippen molar-refractivity contribution in [1.29, 1.82) is 0 Å². The molecule has 3 heterocycles. The zero-order valence-electron chi connectivity index (χ0n) is 17.9. The van der Waals surface area contributed by atoms with Gasteiger partial charge in [0.1, 0.15) is 0 Å². The fraction of sp³-hybridized carbons (Fsp3) is 0.524. The molecule has 0 spiro atoms. The van der Waals surface area contributed by atoms with Crippen molar-refractivity contribution in [3.63, 3.8) is 0 Å². The van der Waals surface area contributed by atoms with Crippen LogP contribution in [-0.2, 0) is 16.1 Å². The van der Waals surface area contributed by atoms with Crippen LogP contribution in [0.3, 0.4) is 0 Å². The number of fused-ring (bicyclic) bond motifs is 1. The van der Waals surface area contributed by atoms with Crippen LogP contribution in [0, 0.1) is 0 Å². The summed E-state index contributed by atoms with van der Waals surface area (Å²) in [5.74, 6) is 0.736. The van der Waals surface area contributed by atoms with E-state index in [4.69, 9.17) is 16.3 Å². The number of hydrogen-bond donors (Lipinski definition) is 1. The number of carbonyl (C=O) groups excluding carboxylic acids is 2. The number of nitrogens with one attached hydrogen (secondary N) is 1. The Labute approximate surface area is 186 Å². The molecule has 1 atom stereocenters. The standard InChI is InChI=1S/C21H27ClN6O3/c1-25-18-17(19(29)26(2)21(25)30)28(14-15-6-3-4-7-16(15)22)20(24-18)23-8-5-9-27-10-12-31-13-11-27/h3-4,6-7,17H,5,8-14H2,1-2H3/p+1. The third-order valence-electron chi connectivity index (χ3n) is 5.87. The van der Waals surface area contributed by atoms with Gasteiger partial charge in [0.2, 0.25) is 11.9 Å². The van der Waals surface area contributed by atoms with Crippen LogP contribution in [0.4, 0.5) is 4.79 Å². The Morgan fingerprint density at radius 2 is 1.94 bits per heavy atom. The van der Waals surface area contributed by atoms with E-state index >= 15 is 0 Å². The highest BCUT2D eigenvalue weighted by Gasteiger charge is 2.51. The molecular formula is C21H28ClN6O3+. The SMILES string of the molecule is CN1C(=O)C2C(=NC(NCCCN3CCOCC3)=[N+]2Cc2ccccc2Cl)N(C)C1=O. The molecule has 2 saturated heterocycles. The molecular weight excluding hydrogens is 420 g/mol. The van der Waals surface area contributed by atoms with E-state index in [9.17, 15) is 9.59 Å². The molecule has 1 aromatic rings. The number of aliphatic imine (C=N–C) groups is 1. The van der Waals surface area contributed by atoms with Gasteiger partial charge in [0.15, 0.2) is 0 Å². The molecule has 0 aliphatic carbocycles. The normalized spacial score (nSPS) is 22.2. The summed E-state index contributed by atoms with van der Waals surface area (Å²) >= 11 is 6.39. The molecule has 0 radical (unpaired) electrons. The Morgan fingerprint density at radius 3 is 2.68 bits per heavy atom. The van der Waals surface area contributed by atoms with Gasteiger partial charge < -0.3 is 4.74 Å². The van der Waals surface area contributed by atoms with Crippen LogP contribution in [0.25, 0.3) is 0 Å². The summed E-state index contributed by atoms with van der Waals surface area (Å²) < 4.78 is 7.29. The summed E-state index contributed by atoms with van der Waals surface area (Å²) in [6.07, 6.45) is 0.932. The first-order valence-electron chi connectivity index (χ1n) is 10.5. The number of nitrogens with zero attached hydrogens (tertiary/aromatic N) is 5. The van der Waals surface area contributed by atoms with E-state index in [1.807, 2.05) is 28.8 Å². The maximum Gasteiger partial charge on any atom is 0.390 e. The number of morpholine rings is 1. The van der Waals surface area contributed by atoms with E-state index < -0.39 is 6.04 Å². The van der Waals surface area contributed by atoms with Gasteiger partial charge in [-0.1, -0.05) is 34.8 Å². The number of amides is 3. The first-order chi connectivity index (χ1) is 15.0. The highest BCUT2D eigenvalue weighted by Crippen LogP contribution is 2.22. The number of imide groups is 1. The van der Waals surface area contributed by atoms with Crippen molar-refractivity contribution in [2.75, 3.05) is 53.5 Å². The largest absolute Gasteiger partial charge is 0.390 e. The smallest absolute Gasteiger partial charge is 0.379 e. The molecule has 3 aliphatic heterocycles. The van der Waals surface area contributed by atoms with Crippen molar-refractivity contribution in [2.45, 2.75) is 19.0 Å². The second-order valence-corrected chi connectivity index (χ2v) is 8.30. The third-order valence-corrected chi connectivity index (χ3v) is 6.24. The van der Waals surface area contributed by atoms with Gasteiger partial charge in [0.05, 0.1) is 26.3 Å². The minimum Gasteiger partial charge on any atom is -0.379 e. The van der Waals surface area contributed by atoms with Gasteiger partial charge in [-0.2, -0.15) is 0 Å². The Bertz CT molecular complexity index is 927. The number of halogens is 1. The first-order valence-corrected chi connectivity index (χ1v) is 10.9. The minimum atomic E-state index is -0.661. The van der Waals surface area contributed by atoms with Gasteiger partial charge in [0, 0.05) is 44.3 Å². The Morgan fingerprint density at radius 1 is 1.19 bits per heavy atom. The monoisotopic (exact) mass is 447 g/mol. The topological polar surface area (TPSA) is 80.5 Å². The summed E-state index contributed by atoms with van der Waals surface area (Å²) in [4.78, 5) is 35.0. The van der Waals surface area contributed by atoms with Gasteiger partial charge in [-0.3, -0.25) is 24.8 Å². The first kappa shape index (κ1) is 21.7. The number of hydrogen-bond acceptors (Lipinski definition) is 6. The predicted molar refractivity (Wildman–Crippen MR) is 117 cm³/mol. The highest BCUT2D eigenvalue weighted by molar-refractivity contribution is 6.31. The van der Waals surface area contributed by atoms with Crippen LogP contribution < -0.4 is 5.32 Å². The Kier molecular flexibility index (Phi) is 6.54. The Hall–Kier alpha value is -2.49.